The Hall–Kier alpha value is -2.55. The second-order valence-corrected chi connectivity index (χ2v) is 4.56. The van der Waals surface area contributed by atoms with Crippen molar-refractivity contribution in [1.29, 1.82) is 0 Å². The quantitative estimate of drug-likeness (QED) is 0.756. The maximum absolute atomic E-state index is 6.06. The molecule has 3 rings (SSSR count). The summed E-state index contributed by atoms with van der Waals surface area (Å²) in [6.45, 7) is 2.07. The molecule has 1 aromatic heterocycles. The Morgan fingerprint density at radius 3 is 2.32 bits per heavy atom. The fourth-order valence-corrected chi connectivity index (χ4v) is 2.13. The van der Waals surface area contributed by atoms with Crippen molar-refractivity contribution in [3.63, 3.8) is 0 Å². The number of nitrogen functional groups attached to an aromatic ring is 1. The van der Waals surface area contributed by atoms with Crippen LogP contribution in [0.3, 0.4) is 0 Å². The van der Waals surface area contributed by atoms with Crippen LogP contribution in [0.5, 0.6) is 0 Å². The lowest BCUT2D eigenvalue weighted by molar-refractivity contribution is 0.887. The summed E-state index contributed by atoms with van der Waals surface area (Å²) in [5.41, 5.74) is 11.0. The van der Waals surface area contributed by atoms with Crippen LogP contribution in [0.15, 0.2) is 60.8 Å². The molecular weight excluding hydrogens is 234 g/mol. The van der Waals surface area contributed by atoms with Crippen LogP contribution in [-0.2, 0) is 0 Å². The molecule has 0 spiro atoms. The van der Waals surface area contributed by atoms with Crippen LogP contribution in [0.25, 0.3) is 16.9 Å². The summed E-state index contributed by atoms with van der Waals surface area (Å²) in [5, 5.41) is 4.38. The number of aryl methyl sites for hydroxylation is 1. The number of hydrogen-bond acceptors (Lipinski definition) is 2. The highest BCUT2D eigenvalue weighted by Crippen LogP contribution is 2.28. The SMILES string of the molecule is Cc1ccc(-n2ncc(N)c2-c2ccccc2)cc1. The topological polar surface area (TPSA) is 43.8 Å². The van der Waals surface area contributed by atoms with E-state index in [9.17, 15) is 0 Å². The molecule has 2 aromatic carbocycles. The van der Waals surface area contributed by atoms with Gasteiger partial charge in [0.15, 0.2) is 0 Å². The van der Waals surface area contributed by atoms with Crippen molar-refractivity contribution < 1.29 is 0 Å². The molecule has 3 nitrogen and oxygen atoms in total. The Balaban J connectivity index is 2.16. The van der Waals surface area contributed by atoms with Crippen LogP contribution in [0, 0.1) is 6.92 Å². The number of rotatable bonds is 2. The van der Waals surface area contributed by atoms with Crippen LogP contribution in [0.2, 0.25) is 0 Å². The molecule has 0 bridgehead atoms. The van der Waals surface area contributed by atoms with E-state index >= 15 is 0 Å². The van der Waals surface area contributed by atoms with Gasteiger partial charge in [-0.25, -0.2) is 4.68 Å². The van der Waals surface area contributed by atoms with Crippen LogP contribution < -0.4 is 5.73 Å². The predicted octanol–water partition coefficient (Wildman–Crippen LogP) is 3.43. The summed E-state index contributed by atoms with van der Waals surface area (Å²) >= 11 is 0. The van der Waals surface area contributed by atoms with E-state index in [2.05, 4.69) is 24.2 Å². The minimum Gasteiger partial charge on any atom is -0.396 e. The van der Waals surface area contributed by atoms with Crippen LogP contribution in [0.4, 0.5) is 5.69 Å². The Kier molecular flexibility index (Phi) is 2.80. The molecule has 0 saturated carbocycles. The second-order valence-electron chi connectivity index (χ2n) is 4.56. The molecule has 3 aromatic rings. The summed E-state index contributed by atoms with van der Waals surface area (Å²) in [6, 6.07) is 18.3. The molecule has 2 N–H and O–H groups in total. The number of aromatic nitrogens is 2. The minimum absolute atomic E-state index is 0.687. The molecule has 0 aliphatic rings. The van der Waals surface area contributed by atoms with Crippen LogP contribution in [-0.4, -0.2) is 9.78 Å². The van der Waals surface area contributed by atoms with Crippen LogP contribution >= 0.6 is 0 Å². The Morgan fingerprint density at radius 2 is 1.63 bits per heavy atom. The highest BCUT2D eigenvalue weighted by molar-refractivity contribution is 5.74. The normalized spacial score (nSPS) is 10.6. The van der Waals surface area contributed by atoms with Gasteiger partial charge in [-0.05, 0) is 19.1 Å². The zero-order valence-corrected chi connectivity index (χ0v) is 10.7. The molecular formula is C16H15N3. The number of hydrogen-bond donors (Lipinski definition) is 1. The molecule has 0 fully saturated rings. The van der Waals surface area contributed by atoms with Crippen molar-refractivity contribution in [3.8, 4) is 16.9 Å². The fraction of sp³-hybridized carbons (Fsp3) is 0.0625. The standard InChI is InChI=1S/C16H15N3/c1-12-7-9-14(10-8-12)19-16(15(17)11-18-19)13-5-3-2-4-6-13/h2-11H,17H2,1H3. The van der Waals surface area contributed by atoms with Crippen molar-refractivity contribution in [3.05, 3.63) is 66.4 Å². The summed E-state index contributed by atoms with van der Waals surface area (Å²) in [4.78, 5) is 0. The Labute approximate surface area is 112 Å². The van der Waals surface area contributed by atoms with E-state index < -0.39 is 0 Å². The van der Waals surface area contributed by atoms with Gasteiger partial charge >= 0.3 is 0 Å². The molecule has 1 heterocycles. The highest BCUT2D eigenvalue weighted by atomic mass is 15.3. The van der Waals surface area contributed by atoms with E-state index in [1.165, 1.54) is 5.56 Å². The van der Waals surface area contributed by atoms with Crippen molar-refractivity contribution in [1.82, 2.24) is 9.78 Å². The van der Waals surface area contributed by atoms with Gasteiger partial charge in [0.05, 0.1) is 23.3 Å². The predicted molar refractivity (Wildman–Crippen MR) is 78.1 cm³/mol. The number of benzene rings is 2. The number of nitrogens with zero attached hydrogens (tertiary/aromatic N) is 2. The lowest BCUT2D eigenvalue weighted by Gasteiger charge is -2.08. The summed E-state index contributed by atoms with van der Waals surface area (Å²) in [6.07, 6.45) is 1.70. The number of anilines is 1. The van der Waals surface area contributed by atoms with Crippen molar-refractivity contribution in [2.75, 3.05) is 5.73 Å². The summed E-state index contributed by atoms with van der Waals surface area (Å²) in [7, 11) is 0. The first kappa shape index (κ1) is 11.5. The monoisotopic (exact) mass is 249 g/mol. The van der Waals surface area contributed by atoms with E-state index in [0.717, 1.165) is 16.9 Å². The lowest BCUT2D eigenvalue weighted by Crippen LogP contribution is -2.00. The molecule has 0 saturated heterocycles. The zero-order valence-electron chi connectivity index (χ0n) is 10.7. The Bertz CT molecular complexity index is 682. The molecule has 0 aliphatic carbocycles. The molecule has 0 radical (unpaired) electrons. The van der Waals surface area contributed by atoms with Gasteiger partial charge in [-0.2, -0.15) is 5.10 Å². The van der Waals surface area contributed by atoms with E-state index in [1.807, 2.05) is 47.1 Å². The van der Waals surface area contributed by atoms with Gasteiger partial charge in [0.1, 0.15) is 0 Å². The molecule has 3 heteroatoms. The molecule has 0 aliphatic heterocycles. The van der Waals surface area contributed by atoms with E-state index in [1.54, 1.807) is 6.20 Å². The van der Waals surface area contributed by atoms with Crippen molar-refractivity contribution in [2.45, 2.75) is 6.92 Å². The van der Waals surface area contributed by atoms with Gasteiger partial charge in [0, 0.05) is 5.56 Å². The van der Waals surface area contributed by atoms with Crippen LogP contribution in [0.1, 0.15) is 5.56 Å². The van der Waals surface area contributed by atoms with Gasteiger partial charge in [-0.15, -0.1) is 0 Å². The van der Waals surface area contributed by atoms with Gasteiger partial charge in [0.25, 0.3) is 0 Å². The molecule has 0 atom stereocenters. The smallest absolute Gasteiger partial charge is 0.0970 e. The average Bonchev–Trinajstić information content (AvgIpc) is 2.82. The molecule has 0 unspecified atom stereocenters. The van der Waals surface area contributed by atoms with E-state index in [0.29, 0.717) is 5.69 Å². The van der Waals surface area contributed by atoms with Gasteiger partial charge in [-0.1, -0.05) is 48.0 Å². The highest BCUT2D eigenvalue weighted by Gasteiger charge is 2.11. The second kappa shape index (κ2) is 4.61. The van der Waals surface area contributed by atoms with Gasteiger partial charge in [-0.3, -0.25) is 0 Å². The molecule has 94 valence electrons. The van der Waals surface area contributed by atoms with Crippen molar-refractivity contribution >= 4 is 5.69 Å². The average molecular weight is 249 g/mol. The van der Waals surface area contributed by atoms with E-state index in [-0.39, 0.29) is 0 Å². The first-order valence-electron chi connectivity index (χ1n) is 6.21. The summed E-state index contributed by atoms with van der Waals surface area (Å²) in [5.74, 6) is 0. The third-order valence-corrected chi connectivity index (χ3v) is 3.12. The maximum Gasteiger partial charge on any atom is 0.0970 e. The van der Waals surface area contributed by atoms with Crippen molar-refractivity contribution in [2.24, 2.45) is 0 Å². The molecule has 0 amide bonds. The third-order valence-electron chi connectivity index (χ3n) is 3.12. The third kappa shape index (κ3) is 2.10. The number of nitrogens with two attached hydrogens (primary N) is 1. The lowest BCUT2D eigenvalue weighted by atomic mass is 10.1. The van der Waals surface area contributed by atoms with Gasteiger partial charge < -0.3 is 5.73 Å². The molecule has 19 heavy (non-hydrogen) atoms. The largest absolute Gasteiger partial charge is 0.396 e. The van der Waals surface area contributed by atoms with Gasteiger partial charge in [0.2, 0.25) is 0 Å². The zero-order chi connectivity index (χ0) is 13.2. The summed E-state index contributed by atoms with van der Waals surface area (Å²) < 4.78 is 1.88. The minimum atomic E-state index is 0.687. The maximum atomic E-state index is 6.06. The van der Waals surface area contributed by atoms with E-state index in [4.69, 9.17) is 5.73 Å². The first-order chi connectivity index (χ1) is 9.25. The first-order valence-corrected chi connectivity index (χ1v) is 6.21. The fourth-order valence-electron chi connectivity index (χ4n) is 2.13. The Morgan fingerprint density at radius 1 is 0.947 bits per heavy atom.